The number of carbonyl (C=O) groups is 1. The van der Waals surface area contributed by atoms with Crippen molar-refractivity contribution >= 4 is 5.91 Å². The van der Waals surface area contributed by atoms with Crippen LogP contribution in [-0.2, 0) is 9.53 Å². The number of amides is 1. The molecule has 4 rings (SSSR count). The highest BCUT2D eigenvalue weighted by atomic mass is 16.5. The predicted octanol–water partition coefficient (Wildman–Crippen LogP) is 2.20. The van der Waals surface area contributed by atoms with Crippen LogP contribution in [0, 0.1) is 16.7 Å². The van der Waals surface area contributed by atoms with Gasteiger partial charge in [0, 0.05) is 23.9 Å². The van der Waals surface area contributed by atoms with Gasteiger partial charge in [0.25, 0.3) is 5.91 Å². The van der Waals surface area contributed by atoms with E-state index >= 15 is 0 Å². The van der Waals surface area contributed by atoms with E-state index in [2.05, 4.69) is 18.7 Å². The van der Waals surface area contributed by atoms with Gasteiger partial charge in [-0.3, -0.25) is 4.79 Å². The summed E-state index contributed by atoms with van der Waals surface area (Å²) >= 11 is 0. The van der Waals surface area contributed by atoms with Crippen molar-refractivity contribution in [3.05, 3.63) is 0 Å². The summed E-state index contributed by atoms with van der Waals surface area (Å²) in [5, 5.41) is 0. The van der Waals surface area contributed by atoms with Crippen molar-refractivity contribution in [1.29, 1.82) is 0 Å². The second kappa shape index (κ2) is 3.12. The van der Waals surface area contributed by atoms with E-state index in [-0.39, 0.29) is 10.8 Å². The Morgan fingerprint density at radius 1 is 1.28 bits per heavy atom. The molecule has 4 atom stereocenters. The maximum Gasteiger partial charge on any atom is 0.255 e. The van der Waals surface area contributed by atoms with Crippen LogP contribution in [-0.4, -0.2) is 36.1 Å². The van der Waals surface area contributed by atoms with Gasteiger partial charge < -0.3 is 9.64 Å². The van der Waals surface area contributed by atoms with E-state index in [1.807, 2.05) is 0 Å². The van der Waals surface area contributed by atoms with Crippen LogP contribution < -0.4 is 0 Å². The lowest BCUT2D eigenvalue weighted by Crippen LogP contribution is -2.55. The Bertz CT molecular complexity index is 417. The minimum Gasteiger partial charge on any atom is -0.364 e. The molecule has 18 heavy (non-hydrogen) atoms. The Balaban J connectivity index is 1.74. The summed E-state index contributed by atoms with van der Waals surface area (Å²) in [5.74, 6) is 1.02. The third-order valence-electron chi connectivity index (χ3n) is 6.94. The molecule has 4 fully saturated rings. The summed E-state index contributed by atoms with van der Waals surface area (Å²) in [6.45, 7) is 7.37. The van der Waals surface area contributed by atoms with Crippen molar-refractivity contribution in [3.8, 4) is 0 Å². The number of carbonyl (C=O) groups excluding carboxylic acids is 1. The van der Waals surface area contributed by atoms with E-state index in [0.29, 0.717) is 11.8 Å². The van der Waals surface area contributed by atoms with Crippen molar-refractivity contribution in [3.63, 3.8) is 0 Å². The highest BCUT2D eigenvalue weighted by Gasteiger charge is 2.78. The summed E-state index contributed by atoms with van der Waals surface area (Å²) in [5.41, 5.74) is -0.123. The molecule has 0 aromatic heterocycles. The quantitative estimate of drug-likeness (QED) is 0.713. The largest absolute Gasteiger partial charge is 0.364 e. The lowest BCUT2D eigenvalue weighted by atomic mass is 9.66. The Labute approximate surface area is 109 Å². The van der Waals surface area contributed by atoms with Gasteiger partial charge in [0.15, 0.2) is 5.60 Å². The maximum atomic E-state index is 13.0. The van der Waals surface area contributed by atoms with Gasteiger partial charge in [-0.1, -0.05) is 13.8 Å². The highest BCUT2D eigenvalue weighted by Crippen LogP contribution is 2.75. The van der Waals surface area contributed by atoms with Crippen LogP contribution in [0.2, 0.25) is 0 Å². The average Bonchev–Trinajstić information content (AvgIpc) is 3.05. The van der Waals surface area contributed by atoms with E-state index in [9.17, 15) is 4.79 Å². The molecule has 3 nitrogen and oxygen atoms in total. The molecule has 2 aliphatic heterocycles. The summed E-state index contributed by atoms with van der Waals surface area (Å²) in [6.07, 6.45) is 5.78. The lowest BCUT2D eigenvalue weighted by Gasteiger charge is -2.42. The van der Waals surface area contributed by atoms with E-state index in [4.69, 9.17) is 4.74 Å². The van der Waals surface area contributed by atoms with Gasteiger partial charge in [-0.25, -0.2) is 0 Å². The zero-order chi connectivity index (χ0) is 12.6. The topological polar surface area (TPSA) is 29.5 Å². The Hall–Kier alpha value is -0.570. The van der Waals surface area contributed by atoms with E-state index < -0.39 is 5.60 Å². The number of likely N-dealkylation sites (tertiary alicyclic amines) is 1. The molecule has 2 aliphatic carbocycles. The number of hydrogen-bond donors (Lipinski definition) is 0. The summed E-state index contributed by atoms with van der Waals surface area (Å²) in [6, 6.07) is 0. The third kappa shape index (κ3) is 0.941. The molecular weight excluding hydrogens is 226 g/mol. The fourth-order valence-corrected chi connectivity index (χ4v) is 5.41. The first kappa shape index (κ1) is 11.3. The Kier molecular flexibility index (Phi) is 1.95. The molecule has 4 aliphatic rings. The molecule has 2 saturated heterocycles. The van der Waals surface area contributed by atoms with Gasteiger partial charge in [-0.15, -0.1) is 0 Å². The maximum absolute atomic E-state index is 13.0. The molecule has 0 aromatic carbocycles. The van der Waals surface area contributed by atoms with Gasteiger partial charge >= 0.3 is 0 Å². The van der Waals surface area contributed by atoms with Gasteiger partial charge in [0.05, 0.1) is 6.61 Å². The smallest absolute Gasteiger partial charge is 0.255 e. The molecule has 2 heterocycles. The lowest BCUT2D eigenvalue weighted by molar-refractivity contribution is -0.166. The van der Waals surface area contributed by atoms with Crippen LogP contribution in [0.4, 0.5) is 0 Å². The molecule has 0 spiro atoms. The molecule has 2 saturated carbocycles. The second-order valence-corrected chi connectivity index (χ2v) is 7.30. The minimum absolute atomic E-state index is 0.0876. The van der Waals surface area contributed by atoms with Crippen LogP contribution in [0.15, 0.2) is 0 Å². The zero-order valence-electron chi connectivity index (χ0n) is 11.5. The van der Waals surface area contributed by atoms with Crippen LogP contribution in [0.1, 0.15) is 46.0 Å². The molecule has 0 N–H and O–H groups in total. The van der Waals surface area contributed by atoms with Crippen molar-refractivity contribution in [2.24, 2.45) is 16.7 Å². The van der Waals surface area contributed by atoms with Crippen LogP contribution >= 0.6 is 0 Å². The summed E-state index contributed by atoms with van der Waals surface area (Å²) in [7, 11) is 0. The molecule has 0 aromatic rings. The summed E-state index contributed by atoms with van der Waals surface area (Å²) < 4.78 is 6.16. The Morgan fingerprint density at radius 3 is 2.61 bits per heavy atom. The van der Waals surface area contributed by atoms with E-state index in [0.717, 1.165) is 26.1 Å². The molecular formula is C15H23NO2. The molecule has 0 radical (unpaired) electrons. The van der Waals surface area contributed by atoms with E-state index in [1.165, 1.54) is 25.7 Å². The fourth-order valence-electron chi connectivity index (χ4n) is 5.41. The standard InChI is InChI=1S/C15H23NO2/c1-13-10-18-15(12(17)16-7-3-4-8-16)9-11(13)5-6-14(13,15)2/h11H,3-10H2,1-2H3. The monoisotopic (exact) mass is 249 g/mol. The molecule has 100 valence electrons. The number of ether oxygens (including phenoxy) is 1. The van der Waals surface area contributed by atoms with Crippen LogP contribution in [0.25, 0.3) is 0 Å². The zero-order valence-corrected chi connectivity index (χ0v) is 11.5. The van der Waals surface area contributed by atoms with Gasteiger partial charge in [-0.2, -0.15) is 0 Å². The van der Waals surface area contributed by atoms with Crippen LogP contribution in [0.5, 0.6) is 0 Å². The minimum atomic E-state index is -0.463. The Morgan fingerprint density at radius 2 is 2.00 bits per heavy atom. The number of rotatable bonds is 1. The van der Waals surface area contributed by atoms with E-state index in [1.54, 1.807) is 0 Å². The summed E-state index contributed by atoms with van der Waals surface area (Å²) in [4.78, 5) is 15.0. The second-order valence-electron chi connectivity index (χ2n) is 7.30. The predicted molar refractivity (Wildman–Crippen MR) is 68.1 cm³/mol. The third-order valence-corrected chi connectivity index (χ3v) is 6.94. The molecule has 1 amide bonds. The van der Waals surface area contributed by atoms with Gasteiger partial charge in [0.2, 0.25) is 0 Å². The SMILES string of the molecule is CC12COC3(C(=O)N4CCCC4)CC1CCC32C. The van der Waals surface area contributed by atoms with Gasteiger partial charge in [0.1, 0.15) is 0 Å². The molecule has 4 unspecified atom stereocenters. The first-order chi connectivity index (χ1) is 8.54. The number of hydrogen-bond acceptors (Lipinski definition) is 2. The van der Waals surface area contributed by atoms with Crippen molar-refractivity contribution in [1.82, 2.24) is 4.90 Å². The van der Waals surface area contributed by atoms with Crippen molar-refractivity contribution < 1.29 is 9.53 Å². The average molecular weight is 249 g/mol. The van der Waals surface area contributed by atoms with Crippen molar-refractivity contribution in [2.45, 2.75) is 51.6 Å². The highest BCUT2D eigenvalue weighted by molar-refractivity contribution is 5.88. The fraction of sp³-hybridized carbons (Fsp3) is 0.933. The first-order valence-electron chi connectivity index (χ1n) is 7.47. The number of nitrogens with zero attached hydrogens (tertiary/aromatic N) is 1. The van der Waals surface area contributed by atoms with Crippen molar-refractivity contribution in [2.75, 3.05) is 19.7 Å². The van der Waals surface area contributed by atoms with Gasteiger partial charge in [-0.05, 0) is 38.0 Å². The normalized spacial score (nSPS) is 53.4. The van der Waals surface area contributed by atoms with Crippen LogP contribution in [0.3, 0.4) is 0 Å². The molecule has 4 bridgehead atoms. The first-order valence-corrected chi connectivity index (χ1v) is 7.47. The molecule has 3 heteroatoms.